The van der Waals surface area contributed by atoms with Gasteiger partial charge >= 0.3 is 5.97 Å². The molecular formula is C11H11BrO2. The highest BCUT2D eigenvalue weighted by molar-refractivity contribution is 9.08. The summed E-state index contributed by atoms with van der Waals surface area (Å²) in [7, 11) is 0. The number of carbonyl (C=O) groups is 1. The van der Waals surface area contributed by atoms with Gasteiger partial charge in [-0.3, -0.25) is 0 Å². The van der Waals surface area contributed by atoms with Crippen LogP contribution in [0, 0.1) is 0 Å². The van der Waals surface area contributed by atoms with E-state index in [9.17, 15) is 4.79 Å². The normalized spacial score (nSPS) is 9.57. The van der Waals surface area contributed by atoms with Crippen LogP contribution in [0.2, 0.25) is 0 Å². The van der Waals surface area contributed by atoms with Crippen molar-refractivity contribution in [3.05, 3.63) is 42.0 Å². The van der Waals surface area contributed by atoms with E-state index in [4.69, 9.17) is 4.74 Å². The standard InChI is InChI=1S/C11H11BrO2/c1-8(2)11(13)14-10-5-3-9(7-12)4-6-10/h3-6H,1,7H2,2H3. The van der Waals surface area contributed by atoms with Crippen LogP contribution in [0.3, 0.4) is 0 Å². The van der Waals surface area contributed by atoms with Crippen molar-refractivity contribution in [2.45, 2.75) is 12.3 Å². The van der Waals surface area contributed by atoms with E-state index in [1.165, 1.54) is 0 Å². The third-order valence-corrected chi connectivity index (χ3v) is 2.28. The lowest BCUT2D eigenvalue weighted by molar-refractivity contribution is -0.130. The van der Waals surface area contributed by atoms with E-state index in [-0.39, 0.29) is 0 Å². The van der Waals surface area contributed by atoms with Crippen LogP contribution in [0.15, 0.2) is 36.4 Å². The second-order valence-corrected chi connectivity index (χ2v) is 3.51. The Bertz CT molecular complexity index is 341. The van der Waals surface area contributed by atoms with E-state index < -0.39 is 5.97 Å². The Morgan fingerprint density at radius 2 is 2.00 bits per heavy atom. The molecule has 0 bridgehead atoms. The van der Waals surface area contributed by atoms with E-state index in [1.807, 2.05) is 12.1 Å². The lowest BCUT2D eigenvalue weighted by Crippen LogP contribution is -2.07. The lowest BCUT2D eigenvalue weighted by atomic mass is 10.2. The molecular weight excluding hydrogens is 244 g/mol. The minimum Gasteiger partial charge on any atom is -0.423 e. The lowest BCUT2D eigenvalue weighted by Gasteiger charge is -2.03. The zero-order chi connectivity index (χ0) is 10.6. The number of ether oxygens (including phenoxy) is 1. The Morgan fingerprint density at radius 3 is 2.43 bits per heavy atom. The van der Waals surface area contributed by atoms with Crippen LogP contribution in [-0.4, -0.2) is 5.97 Å². The molecule has 2 nitrogen and oxygen atoms in total. The van der Waals surface area contributed by atoms with Gasteiger partial charge in [-0.2, -0.15) is 0 Å². The molecule has 0 unspecified atom stereocenters. The second-order valence-electron chi connectivity index (χ2n) is 2.95. The maximum Gasteiger partial charge on any atom is 0.338 e. The van der Waals surface area contributed by atoms with Crippen LogP contribution in [0.25, 0.3) is 0 Å². The summed E-state index contributed by atoms with van der Waals surface area (Å²) in [5.74, 6) is 0.152. The molecule has 0 saturated carbocycles. The first-order chi connectivity index (χ1) is 6.63. The van der Waals surface area contributed by atoms with Crippen LogP contribution in [-0.2, 0) is 10.1 Å². The number of rotatable bonds is 3. The molecule has 1 aromatic rings. The highest BCUT2D eigenvalue weighted by atomic mass is 79.9. The monoisotopic (exact) mass is 254 g/mol. The van der Waals surface area contributed by atoms with Gasteiger partial charge in [-0.25, -0.2) is 4.79 Å². The highest BCUT2D eigenvalue weighted by Crippen LogP contribution is 2.14. The first-order valence-electron chi connectivity index (χ1n) is 4.16. The molecule has 0 atom stereocenters. The largest absolute Gasteiger partial charge is 0.423 e. The van der Waals surface area contributed by atoms with Gasteiger partial charge in [0.1, 0.15) is 5.75 Å². The Balaban J connectivity index is 2.69. The minimum atomic E-state index is -0.392. The Kier molecular flexibility index (Phi) is 3.89. The summed E-state index contributed by atoms with van der Waals surface area (Å²) in [6, 6.07) is 7.32. The Hall–Kier alpha value is -1.09. The van der Waals surface area contributed by atoms with E-state index in [0.717, 1.165) is 10.9 Å². The molecule has 3 heteroatoms. The van der Waals surface area contributed by atoms with Gasteiger partial charge in [0, 0.05) is 10.9 Å². The SMILES string of the molecule is C=C(C)C(=O)Oc1ccc(CBr)cc1. The first-order valence-corrected chi connectivity index (χ1v) is 5.28. The average molecular weight is 255 g/mol. The summed E-state index contributed by atoms with van der Waals surface area (Å²) in [6.45, 7) is 5.12. The van der Waals surface area contributed by atoms with Crippen LogP contribution in [0.5, 0.6) is 5.75 Å². The van der Waals surface area contributed by atoms with Gasteiger partial charge in [0.25, 0.3) is 0 Å². The molecule has 0 heterocycles. The number of halogens is 1. The summed E-state index contributed by atoms with van der Waals surface area (Å²) in [4.78, 5) is 11.1. The number of carbonyl (C=O) groups excluding carboxylic acids is 1. The number of hydrogen-bond acceptors (Lipinski definition) is 2. The molecule has 0 saturated heterocycles. The molecule has 1 rings (SSSR count). The fourth-order valence-electron chi connectivity index (χ4n) is 0.841. The fraction of sp³-hybridized carbons (Fsp3) is 0.182. The minimum absolute atomic E-state index is 0.392. The smallest absolute Gasteiger partial charge is 0.338 e. The van der Waals surface area contributed by atoms with Crippen molar-refractivity contribution in [1.82, 2.24) is 0 Å². The van der Waals surface area contributed by atoms with Crippen molar-refractivity contribution in [2.75, 3.05) is 0 Å². The molecule has 0 aliphatic heterocycles. The van der Waals surface area contributed by atoms with Gasteiger partial charge in [-0.05, 0) is 24.6 Å². The van der Waals surface area contributed by atoms with Gasteiger partial charge in [0.2, 0.25) is 0 Å². The molecule has 74 valence electrons. The summed E-state index contributed by atoms with van der Waals surface area (Å²) < 4.78 is 5.02. The summed E-state index contributed by atoms with van der Waals surface area (Å²) in [5, 5.41) is 0.793. The zero-order valence-corrected chi connectivity index (χ0v) is 9.50. The van der Waals surface area contributed by atoms with Crippen molar-refractivity contribution in [1.29, 1.82) is 0 Å². The Labute approximate surface area is 91.7 Å². The molecule has 0 fully saturated rings. The predicted molar refractivity (Wildman–Crippen MR) is 59.5 cm³/mol. The summed E-state index contributed by atoms with van der Waals surface area (Å²) >= 11 is 3.33. The molecule has 14 heavy (non-hydrogen) atoms. The molecule has 0 N–H and O–H groups in total. The molecule has 0 aliphatic carbocycles. The molecule has 0 aliphatic rings. The van der Waals surface area contributed by atoms with E-state index in [0.29, 0.717) is 11.3 Å². The van der Waals surface area contributed by atoms with E-state index in [2.05, 4.69) is 22.5 Å². The molecule has 0 aromatic heterocycles. The van der Waals surface area contributed by atoms with Gasteiger partial charge in [0.05, 0.1) is 0 Å². The summed E-state index contributed by atoms with van der Waals surface area (Å²) in [6.07, 6.45) is 0. The van der Waals surface area contributed by atoms with Crippen LogP contribution >= 0.6 is 15.9 Å². The number of hydrogen-bond donors (Lipinski definition) is 0. The van der Waals surface area contributed by atoms with Gasteiger partial charge in [-0.15, -0.1) is 0 Å². The molecule has 1 aromatic carbocycles. The third kappa shape index (κ3) is 3.00. The van der Waals surface area contributed by atoms with Crippen molar-refractivity contribution >= 4 is 21.9 Å². The first kappa shape index (κ1) is 11.0. The van der Waals surface area contributed by atoms with Crippen molar-refractivity contribution in [3.63, 3.8) is 0 Å². The van der Waals surface area contributed by atoms with E-state index in [1.54, 1.807) is 19.1 Å². The van der Waals surface area contributed by atoms with Crippen molar-refractivity contribution in [3.8, 4) is 5.75 Å². The number of alkyl halides is 1. The predicted octanol–water partition coefficient (Wildman–Crippen LogP) is 3.06. The van der Waals surface area contributed by atoms with Gasteiger partial charge < -0.3 is 4.74 Å². The quantitative estimate of drug-likeness (QED) is 0.359. The van der Waals surface area contributed by atoms with Crippen molar-refractivity contribution < 1.29 is 9.53 Å². The molecule has 0 radical (unpaired) electrons. The summed E-state index contributed by atoms with van der Waals surface area (Å²) in [5.41, 5.74) is 1.54. The fourth-order valence-corrected chi connectivity index (χ4v) is 1.21. The third-order valence-electron chi connectivity index (χ3n) is 1.64. The topological polar surface area (TPSA) is 26.3 Å². The number of benzene rings is 1. The maximum absolute atomic E-state index is 11.1. The number of esters is 1. The van der Waals surface area contributed by atoms with Crippen LogP contribution in [0.1, 0.15) is 12.5 Å². The highest BCUT2D eigenvalue weighted by Gasteiger charge is 2.04. The zero-order valence-electron chi connectivity index (χ0n) is 7.92. The van der Waals surface area contributed by atoms with Gasteiger partial charge in [0.15, 0.2) is 0 Å². The maximum atomic E-state index is 11.1. The molecule has 0 amide bonds. The second kappa shape index (κ2) is 4.96. The van der Waals surface area contributed by atoms with Crippen molar-refractivity contribution in [2.24, 2.45) is 0 Å². The van der Waals surface area contributed by atoms with Gasteiger partial charge in [-0.1, -0.05) is 34.6 Å². The van der Waals surface area contributed by atoms with Crippen LogP contribution < -0.4 is 4.74 Å². The Morgan fingerprint density at radius 1 is 1.43 bits per heavy atom. The van der Waals surface area contributed by atoms with Crippen LogP contribution in [0.4, 0.5) is 0 Å². The van der Waals surface area contributed by atoms with E-state index >= 15 is 0 Å². The average Bonchev–Trinajstić information content (AvgIpc) is 2.19. The molecule has 0 spiro atoms.